The second kappa shape index (κ2) is 6.78. The van der Waals surface area contributed by atoms with Crippen molar-refractivity contribution in [2.45, 2.75) is 13.0 Å². The lowest BCUT2D eigenvalue weighted by molar-refractivity contribution is -0.130. The highest BCUT2D eigenvalue weighted by Crippen LogP contribution is 2.13. The van der Waals surface area contributed by atoms with Gasteiger partial charge in [0, 0.05) is 38.1 Å². The Balaban J connectivity index is 1.74. The van der Waals surface area contributed by atoms with Crippen molar-refractivity contribution in [2.24, 2.45) is 7.05 Å². The maximum absolute atomic E-state index is 12.0. The van der Waals surface area contributed by atoms with Crippen LogP contribution in [0.25, 0.3) is 0 Å². The smallest absolute Gasteiger partial charge is 0.226 e. The number of nitrogens with zero attached hydrogens (tertiary/aromatic N) is 3. The van der Waals surface area contributed by atoms with E-state index in [1.807, 2.05) is 13.2 Å². The van der Waals surface area contributed by atoms with Gasteiger partial charge in [-0.2, -0.15) is 5.10 Å². The Labute approximate surface area is 124 Å². The molecule has 1 aromatic heterocycles. The van der Waals surface area contributed by atoms with Crippen LogP contribution < -0.4 is 10.5 Å². The predicted octanol–water partition coefficient (Wildman–Crippen LogP) is 1.43. The number of amides is 1. The molecule has 0 aliphatic heterocycles. The molecule has 0 spiro atoms. The minimum absolute atomic E-state index is 0.0364. The summed E-state index contributed by atoms with van der Waals surface area (Å²) < 4.78 is 7.24. The molecule has 112 valence electrons. The summed E-state index contributed by atoms with van der Waals surface area (Å²) in [6, 6.07) is 7.12. The third-order valence-corrected chi connectivity index (χ3v) is 3.07. The Morgan fingerprint density at radius 1 is 1.38 bits per heavy atom. The van der Waals surface area contributed by atoms with Crippen molar-refractivity contribution in [2.75, 3.05) is 19.4 Å². The van der Waals surface area contributed by atoms with Crippen LogP contribution in [0.1, 0.15) is 12.0 Å². The van der Waals surface area contributed by atoms with Crippen LogP contribution in [0.3, 0.4) is 0 Å². The zero-order valence-corrected chi connectivity index (χ0v) is 12.3. The van der Waals surface area contributed by atoms with E-state index < -0.39 is 0 Å². The number of carbonyl (C=O) groups is 1. The third-order valence-electron chi connectivity index (χ3n) is 3.07. The molecule has 0 radical (unpaired) electrons. The van der Waals surface area contributed by atoms with Crippen molar-refractivity contribution in [1.82, 2.24) is 14.7 Å². The fraction of sp³-hybridized carbons (Fsp3) is 0.333. The van der Waals surface area contributed by atoms with Gasteiger partial charge in [-0.3, -0.25) is 9.48 Å². The van der Waals surface area contributed by atoms with Crippen LogP contribution in [0.15, 0.2) is 36.7 Å². The fourth-order valence-electron chi connectivity index (χ4n) is 1.93. The maximum Gasteiger partial charge on any atom is 0.226 e. The molecule has 2 N–H and O–H groups in total. The first-order valence-electron chi connectivity index (χ1n) is 6.74. The second-order valence-electron chi connectivity index (χ2n) is 4.94. The molecule has 2 aromatic rings. The molecule has 0 atom stereocenters. The van der Waals surface area contributed by atoms with Crippen LogP contribution >= 0.6 is 0 Å². The number of rotatable bonds is 6. The number of hydrogen-bond donors (Lipinski definition) is 1. The van der Waals surface area contributed by atoms with Crippen molar-refractivity contribution in [3.05, 3.63) is 42.2 Å². The van der Waals surface area contributed by atoms with Crippen molar-refractivity contribution < 1.29 is 9.53 Å². The van der Waals surface area contributed by atoms with Crippen LogP contribution in [0.2, 0.25) is 0 Å². The molecule has 0 bridgehead atoms. The van der Waals surface area contributed by atoms with Gasteiger partial charge in [-0.15, -0.1) is 0 Å². The average molecular weight is 288 g/mol. The fourth-order valence-corrected chi connectivity index (χ4v) is 1.93. The third kappa shape index (κ3) is 4.52. The quantitative estimate of drug-likeness (QED) is 0.816. The summed E-state index contributed by atoms with van der Waals surface area (Å²) in [6.07, 6.45) is 3.99. The summed E-state index contributed by atoms with van der Waals surface area (Å²) in [6.45, 7) is 0.897. The van der Waals surface area contributed by atoms with E-state index >= 15 is 0 Å². The van der Waals surface area contributed by atoms with Gasteiger partial charge in [-0.05, 0) is 24.3 Å². The van der Waals surface area contributed by atoms with Crippen LogP contribution in [0, 0.1) is 0 Å². The van der Waals surface area contributed by atoms with E-state index in [0.29, 0.717) is 31.0 Å². The Morgan fingerprint density at radius 2 is 2.10 bits per heavy atom. The van der Waals surface area contributed by atoms with Crippen LogP contribution in [0.4, 0.5) is 5.69 Å². The van der Waals surface area contributed by atoms with Gasteiger partial charge < -0.3 is 15.4 Å². The highest BCUT2D eigenvalue weighted by atomic mass is 16.5. The molecule has 0 saturated carbocycles. The lowest BCUT2D eigenvalue weighted by atomic mass is 10.3. The van der Waals surface area contributed by atoms with Gasteiger partial charge in [-0.25, -0.2) is 0 Å². The number of aryl methyl sites for hydroxylation is 1. The van der Waals surface area contributed by atoms with E-state index in [1.54, 1.807) is 47.1 Å². The summed E-state index contributed by atoms with van der Waals surface area (Å²) in [5, 5.41) is 4.08. The molecule has 0 saturated heterocycles. The lowest BCUT2D eigenvalue weighted by Gasteiger charge is -2.16. The standard InChI is InChI=1S/C15H20N4O2/c1-18(10-12-9-17-19(2)11-12)15(20)7-8-21-14-5-3-13(16)4-6-14/h3-6,9,11H,7-8,10,16H2,1-2H3. The average Bonchev–Trinajstić information content (AvgIpc) is 2.86. The highest BCUT2D eigenvalue weighted by molar-refractivity contribution is 5.76. The van der Waals surface area contributed by atoms with E-state index in [1.165, 1.54) is 0 Å². The SMILES string of the molecule is CN(Cc1cnn(C)c1)C(=O)CCOc1ccc(N)cc1. The van der Waals surface area contributed by atoms with Gasteiger partial charge in [-0.1, -0.05) is 0 Å². The molecule has 6 nitrogen and oxygen atoms in total. The number of carbonyl (C=O) groups excluding carboxylic acids is 1. The van der Waals surface area contributed by atoms with Gasteiger partial charge in [0.15, 0.2) is 0 Å². The summed E-state index contributed by atoms with van der Waals surface area (Å²) >= 11 is 0. The number of aromatic nitrogens is 2. The number of nitrogens with two attached hydrogens (primary N) is 1. The second-order valence-corrected chi connectivity index (χ2v) is 4.94. The Hall–Kier alpha value is -2.50. The molecule has 2 rings (SSSR count). The summed E-state index contributed by atoms with van der Waals surface area (Å²) in [4.78, 5) is 13.7. The number of anilines is 1. The topological polar surface area (TPSA) is 73.4 Å². The van der Waals surface area contributed by atoms with Crippen LogP contribution in [-0.4, -0.2) is 34.2 Å². The number of ether oxygens (including phenoxy) is 1. The Bertz CT molecular complexity index is 592. The van der Waals surface area contributed by atoms with Gasteiger partial charge in [0.05, 0.1) is 19.2 Å². The number of benzene rings is 1. The predicted molar refractivity (Wildman–Crippen MR) is 80.6 cm³/mol. The minimum atomic E-state index is 0.0364. The first-order chi connectivity index (χ1) is 10.0. The molecule has 1 heterocycles. The Kier molecular flexibility index (Phi) is 4.81. The van der Waals surface area contributed by atoms with Gasteiger partial charge in [0.25, 0.3) is 0 Å². The van der Waals surface area contributed by atoms with Gasteiger partial charge in [0.1, 0.15) is 5.75 Å². The largest absolute Gasteiger partial charge is 0.493 e. The molecular formula is C15H20N4O2. The molecule has 0 aliphatic rings. The summed E-state index contributed by atoms with van der Waals surface area (Å²) in [5.41, 5.74) is 7.29. The molecule has 1 amide bonds. The maximum atomic E-state index is 12.0. The van der Waals surface area contributed by atoms with E-state index in [2.05, 4.69) is 5.10 Å². The van der Waals surface area contributed by atoms with Crippen molar-refractivity contribution >= 4 is 11.6 Å². The molecule has 0 aliphatic carbocycles. The monoisotopic (exact) mass is 288 g/mol. The van der Waals surface area contributed by atoms with Crippen molar-refractivity contribution in [3.63, 3.8) is 0 Å². The van der Waals surface area contributed by atoms with E-state index in [0.717, 1.165) is 5.56 Å². The number of hydrogen-bond acceptors (Lipinski definition) is 4. The van der Waals surface area contributed by atoms with E-state index in [9.17, 15) is 4.79 Å². The summed E-state index contributed by atoms with van der Waals surface area (Å²) in [7, 11) is 3.63. The van der Waals surface area contributed by atoms with Gasteiger partial charge >= 0.3 is 0 Å². The van der Waals surface area contributed by atoms with Crippen molar-refractivity contribution in [1.29, 1.82) is 0 Å². The zero-order valence-electron chi connectivity index (χ0n) is 12.3. The molecular weight excluding hydrogens is 268 g/mol. The molecule has 21 heavy (non-hydrogen) atoms. The first-order valence-corrected chi connectivity index (χ1v) is 6.74. The molecule has 0 fully saturated rings. The summed E-state index contributed by atoms with van der Waals surface area (Å²) in [5.74, 6) is 0.751. The van der Waals surface area contributed by atoms with Crippen molar-refractivity contribution in [3.8, 4) is 5.75 Å². The molecule has 6 heteroatoms. The minimum Gasteiger partial charge on any atom is -0.493 e. The van der Waals surface area contributed by atoms with E-state index in [-0.39, 0.29) is 5.91 Å². The van der Waals surface area contributed by atoms with Crippen LogP contribution in [-0.2, 0) is 18.4 Å². The van der Waals surface area contributed by atoms with Crippen LogP contribution in [0.5, 0.6) is 5.75 Å². The zero-order chi connectivity index (χ0) is 15.2. The normalized spacial score (nSPS) is 10.4. The first kappa shape index (κ1) is 14.9. The molecule has 1 aromatic carbocycles. The van der Waals surface area contributed by atoms with Gasteiger partial charge in [0.2, 0.25) is 5.91 Å². The lowest BCUT2D eigenvalue weighted by Crippen LogP contribution is -2.27. The Morgan fingerprint density at radius 3 is 2.71 bits per heavy atom. The highest BCUT2D eigenvalue weighted by Gasteiger charge is 2.10. The molecule has 0 unspecified atom stereocenters. The van der Waals surface area contributed by atoms with E-state index in [4.69, 9.17) is 10.5 Å². The number of nitrogen functional groups attached to an aromatic ring is 1.